The van der Waals surface area contributed by atoms with E-state index in [9.17, 15) is 23.7 Å². The summed E-state index contributed by atoms with van der Waals surface area (Å²) in [5.74, 6) is -3.75. The predicted molar refractivity (Wildman–Crippen MR) is 66.4 cm³/mol. The molecule has 6 nitrogen and oxygen atoms in total. The molecule has 0 fully saturated rings. The van der Waals surface area contributed by atoms with Crippen molar-refractivity contribution in [3.63, 3.8) is 0 Å². The molecule has 110 valence electrons. The van der Waals surface area contributed by atoms with E-state index in [2.05, 4.69) is 5.32 Å². The maximum Gasteiger partial charge on any atom is 0.305 e. The summed E-state index contributed by atoms with van der Waals surface area (Å²) in [5.41, 5.74) is -2.82. The second-order valence-electron chi connectivity index (χ2n) is 4.78. The number of rotatable bonds is 5. The minimum Gasteiger partial charge on any atom is -0.382 e. The first-order valence-corrected chi connectivity index (χ1v) is 5.63. The van der Waals surface area contributed by atoms with Gasteiger partial charge in [-0.15, -0.1) is 0 Å². The van der Waals surface area contributed by atoms with Gasteiger partial charge in [-0.3, -0.25) is 14.9 Å². The fourth-order valence-corrected chi connectivity index (χ4v) is 1.66. The first-order valence-electron chi connectivity index (χ1n) is 5.63. The zero-order valence-corrected chi connectivity index (χ0v) is 11.2. The molecule has 0 radical (unpaired) electrons. The van der Waals surface area contributed by atoms with Crippen LogP contribution < -0.4 is 5.32 Å². The average Bonchev–Trinajstić information content (AvgIpc) is 2.27. The fraction of sp³-hybridized carbons (Fsp3) is 0.417. The van der Waals surface area contributed by atoms with Crippen LogP contribution >= 0.6 is 0 Å². The maximum absolute atomic E-state index is 13.8. The van der Waals surface area contributed by atoms with Crippen molar-refractivity contribution in [3.8, 4) is 0 Å². The normalized spacial score (nSPS) is 11.2. The van der Waals surface area contributed by atoms with Gasteiger partial charge in [0.1, 0.15) is 11.4 Å². The van der Waals surface area contributed by atoms with Crippen molar-refractivity contribution in [2.45, 2.75) is 19.4 Å². The number of benzene rings is 1. The zero-order valence-electron chi connectivity index (χ0n) is 11.2. The molecule has 0 spiro atoms. The largest absolute Gasteiger partial charge is 0.382 e. The summed E-state index contributed by atoms with van der Waals surface area (Å²) in [6.07, 6.45) is 0. The Morgan fingerprint density at radius 2 is 2.05 bits per heavy atom. The number of hydrogen-bond donors (Lipinski definition) is 1. The van der Waals surface area contributed by atoms with Gasteiger partial charge < -0.3 is 10.1 Å². The smallest absolute Gasteiger partial charge is 0.305 e. The van der Waals surface area contributed by atoms with Gasteiger partial charge in [0.2, 0.25) is 5.82 Å². The molecule has 0 bridgehead atoms. The van der Waals surface area contributed by atoms with E-state index in [4.69, 9.17) is 4.74 Å². The van der Waals surface area contributed by atoms with Crippen molar-refractivity contribution >= 4 is 11.6 Å². The SMILES string of the molecule is COCC(C)(C)NC(=O)c1c(F)ccc([N+](=O)[O-])c1F. The Morgan fingerprint density at radius 1 is 1.45 bits per heavy atom. The Balaban J connectivity index is 3.16. The first-order chi connectivity index (χ1) is 9.19. The summed E-state index contributed by atoms with van der Waals surface area (Å²) < 4.78 is 32.2. The van der Waals surface area contributed by atoms with E-state index in [1.807, 2.05) is 0 Å². The molecule has 0 unspecified atom stereocenters. The predicted octanol–water partition coefficient (Wildman–Crippen LogP) is 2.03. The molecule has 0 saturated heterocycles. The highest BCUT2D eigenvalue weighted by atomic mass is 19.1. The number of hydrogen-bond acceptors (Lipinski definition) is 4. The molecule has 0 aliphatic carbocycles. The fourth-order valence-electron chi connectivity index (χ4n) is 1.66. The van der Waals surface area contributed by atoms with E-state index in [0.717, 1.165) is 0 Å². The van der Waals surface area contributed by atoms with Crippen LogP contribution in [0.25, 0.3) is 0 Å². The highest BCUT2D eigenvalue weighted by Gasteiger charge is 2.29. The molecule has 8 heteroatoms. The molecule has 1 amide bonds. The van der Waals surface area contributed by atoms with Crippen molar-refractivity contribution in [3.05, 3.63) is 39.4 Å². The highest BCUT2D eigenvalue weighted by Crippen LogP contribution is 2.23. The van der Waals surface area contributed by atoms with E-state index in [-0.39, 0.29) is 6.61 Å². The highest BCUT2D eigenvalue weighted by molar-refractivity contribution is 5.95. The van der Waals surface area contributed by atoms with Gasteiger partial charge in [-0.25, -0.2) is 4.39 Å². The third-order valence-corrected chi connectivity index (χ3v) is 2.45. The van der Waals surface area contributed by atoms with Crippen molar-refractivity contribution in [2.24, 2.45) is 0 Å². The van der Waals surface area contributed by atoms with Crippen LogP contribution in [0.1, 0.15) is 24.2 Å². The zero-order chi connectivity index (χ0) is 15.5. The minimum absolute atomic E-state index is 0.108. The molecule has 1 N–H and O–H groups in total. The van der Waals surface area contributed by atoms with Gasteiger partial charge >= 0.3 is 5.69 Å². The van der Waals surface area contributed by atoms with Crippen LogP contribution in [0.3, 0.4) is 0 Å². The Kier molecular flexibility index (Phi) is 4.72. The molecule has 1 aromatic rings. The van der Waals surface area contributed by atoms with Crippen molar-refractivity contribution < 1.29 is 23.2 Å². The quantitative estimate of drug-likeness (QED) is 0.664. The van der Waals surface area contributed by atoms with Gasteiger partial charge in [0.05, 0.1) is 17.1 Å². The van der Waals surface area contributed by atoms with Crippen molar-refractivity contribution in [2.75, 3.05) is 13.7 Å². The van der Waals surface area contributed by atoms with Crippen molar-refractivity contribution in [1.29, 1.82) is 0 Å². The lowest BCUT2D eigenvalue weighted by atomic mass is 10.1. The number of nitro benzene ring substituents is 1. The molecular weight excluding hydrogens is 274 g/mol. The second-order valence-corrected chi connectivity index (χ2v) is 4.78. The summed E-state index contributed by atoms with van der Waals surface area (Å²) in [7, 11) is 1.41. The topological polar surface area (TPSA) is 81.5 Å². The van der Waals surface area contributed by atoms with Crippen LogP contribution in [0.5, 0.6) is 0 Å². The monoisotopic (exact) mass is 288 g/mol. The van der Waals surface area contributed by atoms with Crippen LogP contribution in [0, 0.1) is 21.7 Å². The van der Waals surface area contributed by atoms with Gasteiger partial charge in [0.15, 0.2) is 0 Å². The number of nitrogens with one attached hydrogen (secondary N) is 1. The summed E-state index contributed by atoms with van der Waals surface area (Å²) in [5, 5.41) is 12.9. The number of halogens is 2. The lowest BCUT2D eigenvalue weighted by Crippen LogP contribution is -2.47. The molecule has 0 aliphatic heterocycles. The number of amides is 1. The van der Waals surface area contributed by atoms with E-state index in [0.29, 0.717) is 12.1 Å². The van der Waals surface area contributed by atoms with Crippen LogP contribution in [0.15, 0.2) is 12.1 Å². The molecule has 0 atom stereocenters. The van der Waals surface area contributed by atoms with Gasteiger partial charge in [-0.1, -0.05) is 0 Å². The Labute approximate surface area is 113 Å². The Bertz CT molecular complexity index is 547. The lowest BCUT2D eigenvalue weighted by molar-refractivity contribution is -0.387. The average molecular weight is 288 g/mol. The number of carbonyl (C=O) groups is 1. The summed E-state index contributed by atoms with van der Waals surface area (Å²) in [4.78, 5) is 21.4. The molecule has 20 heavy (non-hydrogen) atoms. The lowest BCUT2D eigenvalue weighted by Gasteiger charge is -2.25. The number of carbonyl (C=O) groups excluding carboxylic acids is 1. The van der Waals surface area contributed by atoms with Crippen LogP contribution in [-0.4, -0.2) is 30.1 Å². The third-order valence-electron chi connectivity index (χ3n) is 2.45. The number of methoxy groups -OCH3 is 1. The number of nitro groups is 1. The van der Waals surface area contributed by atoms with Gasteiger partial charge in [-0.05, 0) is 19.9 Å². The van der Waals surface area contributed by atoms with E-state index >= 15 is 0 Å². The molecule has 1 rings (SSSR count). The second kappa shape index (κ2) is 5.91. The number of ether oxygens (including phenoxy) is 1. The third kappa shape index (κ3) is 3.47. The molecule has 1 aromatic carbocycles. The van der Waals surface area contributed by atoms with Crippen LogP contribution in [-0.2, 0) is 4.74 Å². The van der Waals surface area contributed by atoms with Gasteiger partial charge in [-0.2, -0.15) is 4.39 Å². The first kappa shape index (κ1) is 16.0. The van der Waals surface area contributed by atoms with Crippen LogP contribution in [0.2, 0.25) is 0 Å². The minimum atomic E-state index is -1.50. The van der Waals surface area contributed by atoms with Gasteiger partial charge in [0.25, 0.3) is 5.91 Å². The van der Waals surface area contributed by atoms with Crippen LogP contribution in [0.4, 0.5) is 14.5 Å². The Hall–Kier alpha value is -2.09. The number of nitrogens with zero attached hydrogens (tertiary/aromatic N) is 1. The molecule has 0 aromatic heterocycles. The van der Waals surface area contributed by atoms with E-state index in [1.54, 1.807) is 13.8 Å². The van der Waals surface area contributed by atoms with E-state index < -0.39 is 39.3 Å². The molecular formula is C12H14F2N2O4. The molecule has 0 aliphatic rings. The Morgan fingerprint density at radius 3 is 2.55 bits per heavy atom. The molecule has 0 heterocycles. The summed E-state index contributed by atoms with van der Waals surface area (Å²) in [6, 6.07) is 1.35. The van der Waals surface area contributed by atoms with Crippen molar-refractivity contribution in [1.82, 2.24) is 5.32 Å². The summed E-state index contributed by atoms with van der Waals surface area (Å²) in [6.45, 7) is 3.28. The maximum atomic E-state index is 13.8. The van der Waals surface area contributed by atoms with Gasteiger partial charge in [0, 0.05) is 13.2 Å². The van der Waals surface area contributed by atoms with E-state index in [1.165, 1.54) is 7.11 Å². The molecule has 0 saturated carbocycles. The standard InChI is InChI=1S/C12H14F2N2O4/c1-12(2,6-20-3)15-11(17)9-7(13)4-5-8(10(9)14)16(18)19/h4-5H,6H2,1-3H3,(H,15,17). The summed E-state index contributed by atoms with van der Waals surface area (Å²) >= 11 is 0.